The summed E-state index contributed by atoms with van der Waals surface area (Å²) in [5.74, 6) is -0.462. The minimum absolute atomic E-state index is 0.108. The second-order valence-electron chi connectivity index (χ2n) is 6.83. The molecule has 146 valence electrons. The van der Waals surface area contributed by atoms with E-state index in [0.29, 0.717) is 29.1 Å². The lowest BCUT2D eigenvalue weighted by Gasteiger charge is -2.36. The molecule has 2 aromatic rings. The van der Waals surface area contributed by atoms with Gasteiger partial charge in [-0.25, -0.2) is 0 Å². The number of hydrogen-bond acceptors (Lipinski definition) is 6. The predicted octanol–water partition coefficient (Wildman–Crippen LogP) is 3.88. The van der Waals surface area contributed by atoms with E-state index in [4.69, 9.17) is 37.4 Å². The van der Waals surface area contributed by atoms with Crippen molar-refractivity contribution in [2.75, 3.05) is 14.2 Å². The lowest BCUT2D eigenvalue weighted by Crippen LogP contribution is -2.56. The minimum atomic E-state index is -1.71. The third-order valence-electron chi connectivity index (χ3n) is 5.36. The highest BCUT2D eigenvalue weighted by Crippen LogP contribution is 2.53. The first-order valence-corrected chi connectivity index (χ1v) is 9.58. The van der Waals surface area contributed by atoms with Crippen LogP contribution in [-0.4, -0.2) is 36.4 Å². The van der Waals surface area contributed by atoms with E-state index in [1.54, 1.807) is 19.1 Å². The summed E-state index contributed by atoms with van der Waals surface area (Å²) in [6, 6.07) is 4.84. The summed E-state index contributed by atoms with van der Waals surface area (Å²) in [6.45, 7) is 1.79. The molecule has 0 radical (unpaired) electrons. The Kier molecular flexibility index (Phi) is 4.51. The average Bonchev–Trinajstić information content (AvgIpc) is 3.01. The lowest BCUT2D eigenvalue weighted by atomic mass is 9.71. The molecular formula is C20H17Cl2NO5. The SMILES string of the molecule is COc1cc(OC)c2c(c1Cl)O[C@@]1(C(=O)c3ccc(CCl)nc3C[C@H]1C)C2=O. The molecule has 1 aliphatic carbocycles. The number of nitrogens with zero attached hydrogens (tertiary/aromatic N) is 1. The maximum absolute atomic E-state index is 13.5. The van der Waals surface area contributed by atoms with E-state index in [1.807, 2.05) is 0 Å². The summed E-state index contributed by atoms with van der Waals surface area (Å²) in [5, 5.41) is 0.130. The number of halogens is 2. The van der Waals surface area contributed by atoms with Crippen LogP contribution in [0.15, 0.2) is 18.2 Å². The number of benzene rings is 1. The quantitative estimate of drug-likeness (QED) is 0.552. The number of Topliss-reactive ketones (excluding diaryl/α,β-unsaturated/α-hetero) is 2. The van der Waals surface area contributed by atoms with Gasteiger partial charge in [0.05, 0.1) is 31.5 Å². The summed E-state index contributed by atoms with van der Waals surface area (Å²) in [4.78, 5) is 31.4. The lowest BCUT2D eigenvalue weighted by molar-refractivity contribution is 0.0257. The van der Waals surface area contributed by atoms with E-state index in [0.717, 1.165) is 0 Å². The van der Waals surface area contributed by atoms with Crippen LogP contribution in [0.5, 0.6) is 17.2 Å². The number of alkyl halides is 1. The normalized spacial score (nSPS) is 22.7. The second-order valence-corrected chi connectivity index (χ2v) is 7.48. The smallest absolute Gasteiger partial charge is 0.236 e. The maximum atomic E-state index is 13.5. The van der Waals surface area contributed by atoms with Gasteiger partial charge in [0, 0.05) is 17.5 Å². The highest BCUT2D eigenvalue weighted by Gasteiger charge is 2.61. The molecule has 8 heteroatoms. The first kappa shape index (κ1) is 19.0. The molecule has 1 aromatic carbocycles. The molecule has 1 spiro atoms. The van der Waals surface area contributed by atoms with Gasteiger partial charge in [0.1, 0.15) is 22.1 Å². The summed E-state index contributed by atoms with van der Waals surface area (Å²) in [6.07, 6.45) is 0.391. The number of carbonyl (C=O) groups excluding carboxylic acids is 2. The maximum Gasteiger partial charge on any atom is 0.236 e. The van der Waals surface area contributed by atoms with Crippen molar-refractivity contribution in [3.8, 4) is 17.2 Å². The molecule has 1 aliphatic heterocycles. The molecule has 0 saturated heterocycles. The number of hydrogen-bond donors (Lipinski definition) is 0. The summed E-state index contributed by atoms with van der Waals surface area (Å²) in [5.41, 5.74) is 0.0949. The van der Waals surface area contributed by atoms with Gasteiger partial charge < -0.3 is 14.2 Å². The second kappa shape index (κ2) is 6.64. The van der Waals surface area contributed by atoms with Gasteiger partial charge in [-0.2, -0.15) is 0 Å². The molecule has 28 heavy (non-hydrogen) atoms. The molecule has 0 bridgehead atoms. The van der Waals surface area contributed by atoms with Gasteiger partial charge in [-0.1, -0.05) is 18.5 Å². The van der Waals surface area contributed by atoms with Crippen molar-refractivity contribution in [1.29, 1.82) is 0 Å². The van der Waals surface area contributed by atoms with Gasteiger partial charge in [0.2, 0.25) is 17.2 Å². The number of methoxy groups -OCH3 is 2. The third-order valence-corrected chi connectivity index (χ3v) is 5.99. The van der Waals surface area contributed by atoms with Crippen LogP contribution < -0.4 is 14.2 Å². The molecular weight excluding hydrogens is 405 g/mol. The van der Waals surface area contributed by atoms with Gasteiger partial charge in [-0.15, -0.1) is 11.6 Å². The molecule has 0 saturated carbocycles. The molecule has 0 amide bonds. The van der Waals surface area contributed by atoms with E-state index in [1.165, 1.54) is 20.3 Å². The highest BCUT2D eigenvalue weighted by molar-refractivity contribution is 6.36. The molecule has 1 aromatic heterocycles. The van der Waals surface area contributed by atoms with E-state index >= 15 is 0 Å². The first-order valence-electron chi connectivity index (χ1n) is 8.66. The van der Waals surface area contributed by atoms with Gasteiger partial charge >= 0.3 is 0 Å². The monoisotopic (exact) mass is 421 g/mol. The van der Waals surface area contributed by atoms with Crippen LogP contribution >= 0.6 is 23.2 Å². The van der Waals surface area contributed by atoms with Crippen LogP contribution in [0.4, 0.5) is 0 Å². The molecule has 0 N–H and O–H groups in total. The zero-order valence-corrected chi connectivity index (χ0v) is 17.0. The Bertz CT molecular complexity index is 1020. The Hall–Kier alpha value is -2.31. The Morgan fingerprint density at radius 3 is 2.57 bits per heavy atom. The van der Waals surface area contributed by atoms with Crippen LogP contribution in [0.25, 0.3) is 0 Å². The molecule has 2 heterocycles. The zero-order valence-electron chi connectivity index (χ0n) is 15.5. The van der Waals surface area contributed by atoms with Crippen molar-refractivity contribution in [3.05, 3.63) is 45.7 Å². The van der Waals surface area contributed by atoms with Crippen LogP contribution in [0.2, 0.25) is 5.02 Å². The standard InChI is InChI=1S/C20H17Cl2NO5/c1-9-6-12-11(5-4-10(8-21)23-12)18(24)20(9)19(25)15-13(26-2)7-14(27-3)16(22)17(15)28-20/h4-5,7,9H,6,8H2,1-3H3/t9-,20+/m1/s1. The van der Waals surface area contributed by atoms with E-state index in [9.17, 15) is 9.59 Å². The summed E-state index contributed by atoms with van der Waals surface area (Å²) >= 11 is 12.2. The topological polar surface area (TPSA) is 74.7 Å². The molecule has 0 unspecified atom stereocenters. The Morgan fingerprint density at radius 1 is 1.21 bits per heavy atom. The summed E-state index contributed by atoms with van der Waals surface area (Å²) in [7, 11) is 2.88. The number of fused-ring (bicyclic) bond motifs is 2. The Morgan fingerprint density at radius 2 is 1.93 bits per heavy atom. The molecule has 2 aliphatic rings. The van der Waals surface area contributed by atoms with E-state index in [-0.39, 0.29) is 28.0 Å². The number of ether oxygens (including phenoxy) is 3. The fraction of sp³-hybridized carbons (Fsp3) is 0.350. The first-order chi connectivity index (χ1) is 13.4. The van der Waals surface area contributed by atoms with Crippen LogP contribution in [0, 0.1) is 5.92 Å². The van der Waals surface area contributed by atoms with Crippen LogP contribution in [0.1, 0.15) is 39.0 Å². The van der Waals surface area contributed by atoms with Crippen LogP contribution in [-0.2, 0) is 12.3 Å². The number of aromatic nitrogens is 1. The van der Waals surface area contributed by atoms with Crippen molar-refractivity contribution in [3.63, 3.8) is 0 Å². The fourth-order valence-electron chi connectivity index (χ4n) is 3.92. The fourth-order valence-corrected chi connectivity index (χ4v) is 4.33. The summed E-state index contributed by atoms with van der Waals surface area (Å²) < 4.78 is 16.7. The number of ketones is 2. The van der Waals surface area contributed by atoms with Gasteiger partial charge in [0.25, 0.3) is 0 Å². The van der Waals surface area contributed by atoms with Gasteiger partial charge in [-0.05, 0) is 18.6 Å². The van der Waals surface area contributed by atoms with E-state index in [2.05, 4.69) is 4.98 Å². The molecule has 0 fully saturated rings. The van der Waals surface area contributed by atoms with Crippen molar-refractivity contribution in [2.45, 2.75) is 24.8 Å². The van der Waals surface area contributed by atoms with Crippen molar-refractivity contribution in [2.24, 2.45) is 5.92 Å². The third kappa shape index (κ3) is 2.37. The largest absolute Gasteiger partial charge is 0.496 e. The Labute approximate surface area is 171 Å². The minimum Gasteiger partial charge on any atom is -0.496 e. The molecule has 6 nitrogen and oxygen atoms in total. The van der Waals surface area contributed by atoms with Gasteiger partial charge in [0.15, 0.2) is 5.75 Å². The average molecular weight is 422 g/mol. The number of pyridine rings is 1. The van der Waals surface area contributed by atoms with Crippen LogP contribution in [0.3, 0.4) is 0 Å². The Balaban J connectivity index is 1.90. The van der Waals surface area contributed by atoms with Crippen molar-refractivity contribution >= 4 is 34.8 Å². The predicted molar refractivity (Wildman–Crippen MR) is 103 cm³/mol. The molecule has 2 atom stereocenters. The number of carbonyl (C=O) groups is 2. The zero-order chi connectivity index (χ0) is 20.2. The van der Waals surface area contributed by atoms with Gasteiger partial charge in [-0.3, -0.25) is 14.6 Å². The van der Waals surface area contributed by atoms with Crippen molar-refractivity contribution in [1.82, 2.24) is 4.98 Å². The van der Waals surface area contributed by atoms with E-state index < -0.39 is 23.1 Å². The highest BCUT2D eigenvalue weighted by atomic mass is 35.5. The molecule has 4 rings (SSSR count). The number of rotatable bonds is 3. The van der Waals surface area contributed by atoms with Crippen molar-refractivity contribution < 1.29 is 23.8 Å².